The zero-order valence-electron chi connectivity index (χ0n) is 16.5. The minimum absolute atomic E-state index is 0.260. The van der Waals surface area contributed by atoms with E-state index in [1.54, 1.807) is 29.0 Å². The topological polar surface area (TPSA) is 55.0 Å². The van der Waals surface area contributed by atoms with Crippen molar-refractivity contribution in [1.82, 2.24) is 14.8 Å². The third kappa shape index (κ3) is 3.42. The van der Waals surface area contributed by atoms with Crippen LogP contribution in [-0.4, -0.2) is 34.3 Å². The van der Waals surface area contributed by atoms with Gasteiger partial charge in [0.25, 0.3) is 0 Å². The van der Waals surface area contributed by atoms with E-state index in [1.807, 2.05) is 42.5 Å². The highest BCUT2D eigenvalue weighted by Crippen LogP contribution is 2.30. The van der Waals surface area contributed by atoms with Crippen LogP contribution in [-0.2, 0) is 0 Å². The molecule has 1 aliphatic heterocycles. The van der Waals surface area contributed by atoms with Gasteiger partial charge in [0.05, 0.1) is 23.9 Å². The first-order valence-electron chi connectivity index (χ1n) is 9.57. The number of benzene rings is 2. The third-order valence-corrected chi connectivity index (χ3v) is 5.08. The van der Waals surface area contributed by atoms with E-state index < -0.39 is 11.6 Å². The molecule has 31 heavy (non-hydrogen) atoms. The van der Waals surface area contributed by atoms with Crippen LogP contribution in [0, 0.1) is 11.6 Å². The Morgan fingerprint density at radius 2 is 1.84 bits per heavy atom. The van der Waals surface area contributed by atoms with E-state index in [2.05, 4.69) is 15.2 Å². The average molecular weight is 417 g/mol. The molecule has 0 amide bonds. The van der Waals surface area contributed by atoms with Crippen LogP contribution in [0.2, 0.25) is 0 Å². The molecular formula is C23H17F2N5O. The maximum absolute atomic E-state index is 13.6. The van der Waals surface area contributed by atoms with Crippen LogP contribution in [0.25, 0.3) is 16.8 Å². The molecule has 0 aliphatic carbocycles. The molecule has 5 rings (SSSR count). The lowest BCUT2D eigenvalue weighted by Crippen LogP contribution is -2.22. The lowest BCUT2D eigenvalue weighted by Gasteiger charge is -2.22. The van der Waals surface area contributed by atoms with Crippen LogP contribution in [0.3, 0.4) is 0 Å². The summed E-state index contributed by atoms with van der Waals surface area (Å²) in [6.07, 6.45) is 5.30. The number of aromatic nitrogens is 3. The fourth-order valence-electron chi connectivity index (χ4n) is 3.50. The van der Waals surface area contributed by atoms with E-state index in [0.29, 0.717) is 5.69 Å². The summed E-state index contributed by atoms with van der Waals surface area (Å²) in [5, 5.41) is 8.97. The van der Waals surface area contributed by atoms with Crippen molar-refractivity contribution < 1.29 is 13.5 Å². The molecule has 0 unspecified atom stereocenters. The Morgan fingerprint density at radius 3 is 2.55 bits per heavy atom. The predicted octanol–water partition coefficient (Wildman–Crippen LogP) is 4.46. The molecule has 0 atom stereocenters. The number of halogens is 2. The van der Waals surface area contributed by atoms with Crippen LogP contribution < -0.4 is 9.64 Å². The first kappa shape index (κ1) is 18.9. The normalized spacial score (nSPS) is 13.5. The van der Waals surface area contributed by atoms with Gasteiger partial charge in [-0.3, -0.25) is 4.99 Å². The molecule has 154 valence electrons. The summed E-state index contributed by atoms with van der Waals surface area (Å²) >= 11 is 0. The molecule has 0 saturated heterocycles. The number of fused-ring (bicyclic) bond motifs is 1. The van der Waals surface area contributed by atoms with Crippen LogP contribution in [0.4, 0.5) is 14.5 Å². The number of allylic oxidation sites excluding steroid dienone is 1. The molecule has 0 fully saturated rings. The number of hydrogen-bond acceptors (Lipinski definition) is 5. The number of aliphatic imine (C=N–C) groups is 1. The Morgan fingerprint density at radius 1 is 1.00 bits per heavy atom. The van der Waals surface area contributed by atoms with Crippen molar-refractivity contribution in [3.05, 3.63) is 90.3 Å². The fourth-order valence-corrected chi connectivity index (χ4v) is 3.50. The lowest BCUT2D eigenvalue weighted by atomic mass is 10.0. The van der Waals surface area contributed by atoms with Gasteiger partial charge in [0.1, 0.15) is 18.1 Å². The molecule has 0 bridgehead atoms. The molecule has 2 aromatic carbocycles. The van der Waals surface area contributed by atoms with E-state index in [4.69, 9.17) is 4.74 Å². The fraction of sp³-hybridized carbons (Fsp3) is 0.0870. The zero-order valence-corrected chi connectivity index (χ0v) is 16.5. The lowest BCUT2D eigenvalue weighted by molar-refractivity contribution is 0.415. The van der Waals surface area contributed by atoms with E-state index in [-0.39, 0.29) is 6.67 Å². The molecule has 3 heterocycles. The number of methoxy groups -OCH3 is 1. The Hall–Kier alpha value is -4.07. The van der Waals surface area contributed by atoms with Crippen molar-refractivity contribution in [2.45, 2.75) is 0 Å². The van der Waals surface area contributed by atoms with Crippen molar-refractivity contribution in [2.75, 3.05) is 18.7 Å². The summed E-state index contributed by atoms with van der Waals surface area (Å²) in [5.41, 5.74) is 4.56. The van der Waals surface area contributed by atoms with Gasteiger partial charge in [0.2, 0.25) is 0 Å². The van der Waals surface area contributed by atoms with Gasteiger partial charge in [-0.1, -0.05) is 0 Å². The smallest absolute Gasteiger partial charge is 0.160 e. The van der Waals surface area contributed by atoms with Crippen molar-refractivity contribution in [3.8, 4) is 17.0 Å². The number of ether oxygens (including phenoxy) is 1. The number of nitrogens with zero attached hydrogens (tertiary/aromatic N) is 5. The number of hydrogen-bond donors (Lipinski definition) is 0. The highest BCUT2D eigenvalue weighted by molar-refractivity contribution is 6.17. The summed E-state index contributed by atoms with van der Waals surface area (Å²) in [6.45, 7) is 0.260. The minimum Gasteiger partial charge on any atom is -0.497 e. The first-order chi connectivity index (χ1) is 15.1. The molecule has 8 heteroatoms. The maximum Gasteiger partial charge on any atom is 0.160 e. The van der Waals surface area contributed by atoms with Crippen LogP contribution in [0.5, 0.6) is 5.75 Å². The average Bonchev–Trinajstić information content (AvgIpc) is 3.20. The van der Waals surface area contributed by atoms with Gasteiger partial charge in [-0.15, -0.1) is 5.10 Å². The van der Waals surface area contributed by atoms with Gasteiger partial charge >= 0.3 is 0 Å². The Balaban J connectivity index is 1.54. The van der Waals surface area contributed by atoms with Crippen LogP contribution in [0.1, 0.15) is 5.56 Å². The molecule has 0 saturated carbocycles. The van der Waals surface area contributed by atoms with E-state index in [9.17, 15) is 8.78 Å². The van der Waals surface area contributed by atoms with Crippen LogP contribution >= 0.6 is 0 Å². The third-order valence-electron chi connectivity index (χ3n) is 5.08. The molecular weight excluding hydrogens is 400 g/mol. The summed E-state index contributed by atoms with van der Waals surface area (Å²) in [6, 6.07) is 15.2. The Labute approximate surface area is 176 Å². The highest BCUT2D eigenvalue weighted by atomic mass is 19.2. The van der Waals surface area contributed by atoms with E-state index in [0.717, 1.165) is 45.9 Å². The Bertz CT molecular complexity index is 1330. The summed E-state index contributed by atoms with van der Waals surface area (Å²) in [4.78, 5) is 6.42. The number of anilines is 1. The maximum atomic E-state index is 13.6. The quantitative estimate of drug-likeness (QED) is 0.492. The molecule has 0 spiro atoms. The largest absolute Gasteiger partial charge is 0.497 e. The van der Waals surface area contributed by atoms with Gasteiger partial charge in [-0.05, 0) is 54.6 Å². The van der Waals surface area contributed by atoms with Gasteiger partial charge in [-0.2, -0.15) is 9.73 Å². The van der Waals surface area contributed by atoms with E-state index in [1.165, 1.54) is 6.07 Å². The highest BCUT2D eigenvalue weighted by Gasteiger charge is 2.21. The molecule has 0 radical (unpaired) electrons. The van der Waals surface area contributed by atoms with Crippen molar-refractivity contribution in [3.63, 3.8) is 0 Å². The second kappa shape index (κ2) is 7.64. The molecule has 0 N–H and O–H groups in total. The van der Waals surface area contributed by atoms with E-state index >= 15 is 0 Å². The van der Waals surface area contributed by atoms with Crippen LogP contribution in [0.15, 0.2) is 78.1 Å². The molecule has 1 aliphatic rings. The standard InChI is InChI=1S/C23H17F2N5O/c1-31-17-7-4-15(5-8-17)23-22(21-3-2-11-27-30(21)28-23)20-10-12-29(14-26-20)16-6-9-18(24)19(25)13-16/h2-13H,14H2,1H3. The summed E-state index contributed by atoms with van der Waals surface area (Å²) < 4.78 is 33.7. The molecule has 4 aromatic rings. The second-order valence-corrected chi connectivity index (χ2v) is 6.92. The number of rotatable bonds is 4. The van der Waals surface area contributed by atoms with Gasteiger partial charge in [0.15, 0.2) is 11.6 Å². The second-order valence-electron chi connectivity index (χ2n) is 6.92. The SMILES string of the molecule is COc1ccc(-c2nn3ncccc3c2C2=NCN(c3ccc(F)c(F)c3)C=C2)cc1. The monoisotopic (exact) mass is 417 g/mol. The van der Waals surface area contributed by atoms with Gasteiger partial charge < -0.3 is 9.64 Å². The summed E-state index contributed by atoms with van der Waals surface area (Å²) in [5.74, 6) is -1.02. The van der Waals surface area contributed by atoms with Crippen molar-refractivity contribution in [1.29, 1.82) is 0 Å². The molecule has 6 nitrogen and oxygen atoms in total. The predicted molar refractivity (Wildman–Crippen MR) is 114 cm³/mol. The minimum atomic E-state index is -0.892. The van der Waals surface area contributed by atoms with Crippen molar-refractivity contribution >= 4 is 16.9 Å². The Kier molecular flexibility index (Phi) is 4.66. The van der Waals surface area contributed by atoms with Gasteiger partial charge in [-0.25, -0.2) is 8.78 Å². The molecule has 2 aromatic heterocycles. The zero-order chi connectivity index (χ0) is 21.4. The summed E-state index contributed by atoms with van der Waals surface area (Å²) in [7, 11) is 1.62. The van der Waals surface area contributed by atoms with Crippen molar-refractivity contribution in [2.24, 2.45) is 4.99 Å². The van der Waals surface area contributed by atoms with Gasteiger partial charge in [0, 0.05) is 29.7 Å². The first-order valence-corrected chi connectivity index (χ1v) is 9.57.